The van der Waals surface area contributed by atoms with Gasteiger partial charge < -0.3 is 16.0 Å². The van der Waals surface area contributed by atoms with Crippen molar-refractivity contribution < 1.29 is 9.59 Å². The van der Waals surface area contributed by atoms with Crippen molar-refractivity contribution >= 4 is 20.3 Å². The monoisotopic (exact) mass is 257 g/mol. The highest BCUT2D eigenvalue weighted by molar-refractivity contribution is 6.87. The molecule has 1 saturated heterocycles. The van der Waals surface area contributed by atoms with E-state index >= 15 is 0 Å². The van der Waals surface area contributed by atoms with Crippen molar-refractivity contribution in [1.82, 2.24) is 4.90 Å². The molecule has 0 spiro atoms. The molecule has 0 aromatic rings. The topological polar surface area (TPSA) is 89.4 Å². The summed E-state index contributed by atoms with van der Waals surface area (Å²) in [5, 5.41) is 6.00. The van der Waals surface area contributed by atoms with Gasteiger partial charge in [-0.1, -0.05) is 6.42 Å². The Kier molecular flexibility index (Phi) is 5.80. The Bertz CT molecular complexity index is 286. The summed E-state index contributed by atoms with van der Waals surface area (Å²) in [6, 6.07) is 0.576. The van der Waals surface area contributed by atoms with Gasteiger partial charge in [0, 0.05) is 6.54 Å². The molecule has 0 radical (unpaired) electrons. The Labute approximate surface area is 104 Å². The predicted octanol–water partition coefficient (Wildman–Crippen LogP) is 0.163. The van der Waals surface area contributed by atoms with Gasteiger partial charge in [0.2, 0.25) is 14.5 Å². The first-order chi connectivity index (χ1) is 8.07. The van der Waals surface area contributed by atoms with Crippen LogP contribution in [0.2, 0.25) is 6.04 Å². The van der Waals surface area contributed by atoms with Crippen molar-refractivity contribution in [3.8, 4) is 0 Å². The summed E-state index contributed by atoms with van der Waals surface area (Å²) in [7, 11) is -1.88. The number of hydrogen-bond donors (Lipinski definition) is 2. The molecule has 1 aliphatic rings. The second-order valence-electron chi connectivity index (χ2n) is 4.69. The van der Waals surface area contributed by atoms with E-state index in [1.54, 1.807) is 11.8 Å². The number of Topliss-reactive ketones (excluding diaryl/α,β-unsaturated/α-hetero) is 1. The molecular formula is C11H23N3O2Si. The molecule has 6 heteroatoms. The fourth-order valence-electron chi connectivity index (χ4n) is 2.30. The minimum absolute atomic E-state index is 0.0553. The van der Waals surface area contributed by atoms with Crippen LogP contribution in [0.5, 0.6) is 0 Å². The van der Waals surface area contributed by atoms with Crippen molar-refractivity contribution in [2.75, 3.05) is 13.1 Å². The minimum atomic E-state index is -1.88. The van der Waals surface area contributed by atoms with Gasteiger partial charge in [-0.3, -0.25) is 9.59 Å². The van der Waals surface area contributed by atoms with E-state index in [-0.39, 0.29) is 17.4 Å². The molecule has 0 aromatic carbocycles. The highest BCUT2D eigenvalue weighted by atomic mass is 28.3. The van der Waals surface area contributed by atoms with Crippen LogP contribution in [-0.2, 0) is 4.79 Å². The second kappa shape index (κ2) is 6.88. The van der Waals surface area contributed by atoms with Crippen LogP contribution in [-0.4, -0.2) is 44.3 Å². The summed E-state index contributed by atoms with van der Waals surface area (Å²) >= 11 is 0. The van der Waals surface area contributed by atoms with Crippen LogP contribution in [0.4, 0.5) is 4.79 Å². The van der Waals surface area contributed by atoms with E-state index < -0.39 is 8.96 Å². The largest absolute Gasteiger partial charge is 0.346 e. The molecule has 1 aliphatic heterocycles. The molecular weight excluding hydrogens is 234 g/mol. The molecule has 1 fully saturated rings. The van der Waals surface area contributed by atoms with E-state index in [1.807, 2.05) is 0 Å². The molecule has 1 rings (SSSR count). The third-order valence-corrected chi connectivity index (χ3v) is 5.29. The third kappa shape index (κ3) is 3.90. The van der Waals surface area contributed by atoms with Gasteiger partial charge in [-0.25, -0.2) is 0 Å². The molecule has 4 N–H and O–H groups in total. The van der Waals surface area contributed by atoms with E-state index in [0.29, 0.717) is 13.1 Å². The molecule has 17 heavy (non-hydrogen) atoms. The summed E-state index contributed by atoms with van der Waals surface area (Å²) in [5.41, 5.74) is 5.46. The van der Waals surface area contributed by atoms with E-state index in [2.05, 4.69) is 0 Å². The zero-order valence-electron chi connectivity index (χ0n) is 10.5. The van der Waals surface area contributed by atoms with Crippen molar-refractivity contribution in [2.24, 2.45) is 11.1 Å². The third-order valence-electron chi connectivity index (χ3n) is 3.29. The summed E-state index contributed by atoms with van der Waals surface area (Å²) in [5.74, 6) is 0.0824. The quantitative estimate of drug-likeness (QED) is 0.524. The van der Waals surface area contributed by atoms with Gasteiger partial charge in [-0.2, -0.15) is 0 Å². The van der Waals surface area contributed by atoms with Gasteiger partial charge in [-0.05, 0) is 38.8 Å². The van der Waals surface area contributed by atoms with Crippen LogP contribution in [0.3, 0.4) is 0 Å². The van der Waals surface area contributed by atoms with Crippen LogP contribution in [0.15, 0.2) is 0 Å². The van der Waals surface area contributed by atoms with Crippen LogP contribution in [0.1, 0.15) is 32.6 Å². The summed E-state index contributed by atoms with van der Waals surface area (Å²) in [6.07, 6.45) is 3.56. The lowest BCUT2D eigenvalue weighted by atomic mass is 10.1. The van der Waals surface area contributed by atoms with Crippen LogP contribution < -0.4 is 11.1 Å². The maximum atomic E-state index is 12.1. The first-order valence-corrected chi connectivity index (χ1v) is 8.40. The average Bonchev–Trinajstić information content (AvgIpc) is 2.77. The van der Waals surface area contributed by atoms with Crippen LogP contribution in [0, 0.1) is 0 Å². The van der Waals surface area contributed by atoms with Crippen LogP contribution >= 0.6 is 0 Å². The Morgan fingerprint density at radius 3 is 2.71 bits per heavy atom. The predicted molar refractivity (Wildman–Crippen MR) is 70.2 cm³/mol. The molecule has 1 heterocycles. The molecule has 1 amide bonds. The Morgan fingerprint density at radius 2 is 2.12 bits per heavy atom. The first kappa shape index (κ1) is 14.3. The van der Waals surface area contributed by atoms with Crippen molar-refractivity contribution in [1.29, 1.82) is 0 Å². The number of nitrogens with zero attached hydrogens (tertiary/aromatic N) is 1. The second-order valence-corrected chi connectivity index (χ2v) is 6.98. The molecule has 0 unspecified atom stereocenters. The van der Waals surface area contributed by atoms with E-state index in [0.717, 1.165) is 31.7 Å². The maximum Gasteiger partial charge on any atom is 0.212 e. The highest BCUT2D eigenvalue weighted by Gasteiger charge is 2.34. The fraction of sp³-hybridized carbons (Fsp3) is 0.818. The number of carbonyl (C=O) groups excluding carboxylic acids is 2. The number of rotatable bonds is 6. The summed E-state index contributed by atoms with van der Waals surface area (Å²) in [6.45, 7) is 2.90. The van der Waals surface area contributed by atoms with Crippen LogP contribution in [0.25, 0.3) is 0 Å². The number of carbonyl (C=O) groups is 2. The molecule has 0 aromatic heterocycles. The molecule has 0 aliphatic carbocycles. The molecule has 98 valence electrons. The molecule has 0 saturated carbocycles. The maximum absolute atomic E-state index is 12.1. The lowest BCUT2D eigenvalue weighted by Crippen LogP contribution is -2.50. The Hall–Kier alpha value is -0.723. The van der Waals surface area contributed by atoms with E-state index in [1.165, 1.54) is 0 Å². The fourth-order valence-corrected chi connectivity index (χ4v) is 4.01. The SMILES string of the molecule is CC(=O)[C@@H]1CCCN1C(=O)[Si@@H](N)CCCCN. The standard InChI is InChI=1S/C11H23N3O2Si/c1-9(15)10-5-4-7-14(10)11(16)17(13)8-3-2-6-12/h10,17H,2-8,12-13H2,1H3/t10-,17-/m0/s1. The first-order valence-electron chi connectivity index (χ1n) is 6.34. The van der Waals surface area contributed by atoms with Gasteiger partial charge in [0.15, 0.2) is 5.78 Å². The lowest BCUT2D eigenvalue weighted by molar-refractivity contribution is -0.120. The molecule has 0 bridgehead atoms. The normalized spacial score (nSPS) is 21.6. The van der Waals surface area contributed by atoms with Gasteiger partial charge in [0.05, 0.1) is 6.04 Å². The minimum Gasteiger partial charge on any atom is -0.346 e. The van der Waals surface area contributed by atoms with E-state index in [4.69, 9.17) is 11.1 Å². The molecule has 2 atom stereocenters. The zero-order valence-corrected chi connectivity index (χ0v) is 11.7. The van der Waals surface area contributed by atoms with E-state index in [9.17, 15) is 9.59 Å². The number of ketones is 1. The van der Waals surface area contributed by atoms with Gasteiger partial charge in [0.25, 0.3) is 0 Å². The Balaban J connectivity index is 2.47. The summed E-state index contributed by atoms with van der Waals surface area (Å²) in [4.78, 5) is 25.3. The number of likely N-dealkylation sites (tertiary alicyclic amines) is 1. The summed E-state index contributed by atoms with van der Waals surface area (Å²) < 4.78 is 0. The lowest BCUT2D eigenvalue weighted by Gasteiger charge is -2.25. The Morgan fingerprint density at radius 1 is 1.41 bits per heavy atom. The van der Waals surface area contributed by atoms with Gasteiger partial charge >= 0.3 is 0 Å². The average molecular weight is 257 g/mol. The number of amides is 1. The highest BCUT2D eigenvalue weighted by Crippen LogP contribution is 2.19. The number of nitrogens with two attached hydrogens (primary N) is 2. The van der Waals surface area contributed by atoms with Crippen molar-refractivity contribution in [2.45, 2.75) is 44.7 Å². The van der Waals surface area contributed by atoms with Gasteiger partial charge in [0.1, 0.15) is 0 Å². The number of hydrogen-bond acceptors (Lipinski definition) is 4. The zero-order chi connectivity index (χ0) is 12.8. The van der Waals surface area contributed by atoms with Crippen molar-refractivity contribution in [3.63, 3.8) is 0 Å². The smallest absolute Gasteiger partial charge is 0.212 e. The van der Waals surface area contributed by atoms with Gasteiger partial charge in [-0.15, -0.1) is 0 Å². The number of unbranched alkanes of at least 4 members (excludes halogenated alkanes) is 1. The van der Waals surface area contributed by atoms with Crippen molar-refractivity contribution in [3.05, 3.63) is 0 Å². The molecule has 5 nitrogen and oxygen atoms in total.